The van der Waals surface area contributed by atoms with E-state index in [1.807, 2.05) is 30.3 Å². The molecule has 0 spiro atoms. The topological polar surface area (TPSA) is 130 Å². The number of rotatable bonds is 5. The molecule has 0 aliphatic rings. The molecule has 0 saturated heterocycles. The molecule has 8 heteroatoms. The average Bonchev–Trinajstić information content (AvgIpc) is 3.04. The largest absolute Gasteiger partial charge is 0.383 e. The zero-order valence-corrected chi connectivity index (χ0v) is 12.7. The second-order valence-electron chi connectivity index (χ2n) is 5.15. The van der Waals surface area contributed by atoms with Gasteiger partial charge in [-0.2, -0.15) is 5.10 Å². The predicted molar refractivity (Wildman–Crippen MR) is 89.3 cm³/mol. The lowest BCUT2D eigenvalue weighted by molar-refractivity contribution is 0.0954. The van der Waals surface area contributed by atoms with Crippen LogP contribution in [0.25, 0.3) is 11.3 Å². The number of nitrogen functional groups attached to an aromatic ring is 1. The number of carbonyl (C=O) groups excluding carboxylic acids is 1. The van der Waals surface area contributed by atoms with Crippen molar-refractivity contribution in [2.24, 2.45) is 0 Å². The molecule has 0 saturated carbocycles. The Morgan fingerprint density at radius 3 is 2.79 bits per heavy atom. The summed E-state index contributed by atoms with van der Waals surface area (Å²) in [6.07, 6.45) is 1.85. The van der Waals surface area contributed by atoms with E-state index in [2.05, 4.69) is 25.5 Å². The molecule has 3 rings (SSSR count). The first kappa shape index (κ1) is 15.5. The fourth-order valence-corrected chi connectivity index (χ4v) is 2.32. The molecule has 1 amide bonds. The van der Waals surface area contributed by atoms with Gasteiger partial charge in [0.2, 0.25) is 0 Å². The highest BCUT2D eigenvalue weighted by Crippen LogP contribution is 2.20. The van der Waals surface area contributed by atoms with Crippen molar-refractivity contribution in [3.8, 4) is 11.3 Å². The summed E-state index contributed by atoms with van der Waals surface area (Å²) >= 11 is 0. The molecule has 1 aromatic carbocycles. The number of anilines is 1. The van der Waals surface area contributed by atoms with E-state index < -0.39 is 0 Å². The lowest BCUT2D eigenvalue weighted by Crippen LogP contribution is -2.27. The molecule has 0 bridgehead atoms. The maximum atomic E-state index is 12.3. The number of carbonyl (C=O) groups is 1. The van der Waals surface area contributed by atoms with Crippen molar-refractivity contribution >= 4 is 11.7 Å². The van der Waals surface area contributed by atoms with Crippen molar-refractivity contribution in [1.29, 1.82) is 0 Å². The van der Waals surface area contributed by atoms with Gasteiger partial charge in [0.15, 0.2) is 0 Å². The molecule has 2 aromatic heterocycles. The lowest BCUT2D eigenvalue weighted by Gasteiger charge is -2.06. The van der Waals surface area contributed by atoms with Crippen LogP contribution >= 0.6 is 0 Å². The summed E-state index contributed by atoms with van der Waals surface area (Å²) in [6, 6.07) is 10.7. The van der Waals surface area contributed by atoms with Gasteiger partial charge in [0.25, 0.3) is 11.5 Å². The van der Waals surface area contributed by atoms with Crippen molar-refractivity contribution in [3.05, 3.63) is 64.3 Å². The zero-order valence-electron chi connectivity index (χ0n) is 12.7. The molecule has 0 aliphatic heterocycles. The number of aromatic amines is 2. The minimum Gasteiger partial charge on any atom is -0.383 e. The summed E-state index contributed by atoms with van der Waals surface area (Å²) in [6.45, 7) is 0.310. The highest BCUT2D eigenvalue weighted by Gasteiger charge is 2.14. The van der Waals surface area contributed by atoms with Crippen molar-refractivity contribution in [1.82, 2.24) is 25.5 Å². The lowest BCUT2D eigenvalue weighted by atomic mass is 10.1. The molecule has 24 heavy (non-hydrogen) atoms. The quantitative estimate of drug-likeness (QED) is 0.549. The first-order valence-electron chi connectivity index (χ1n) is 7.36. The molecular formula is C16H16N6O2. The highest BCUT2D eigenvalue weighted by atomic mass is 16.1. The Morgan fingerprint density at radius 2 is 2.04 bits per heavy atom. The third kappa shape index (κ3) is 3.49. The summed E-state index contributed by atoms with van der Waals surface area (Å²) in [4.78, 5) is 30.2. The fourth-order valence-electron chi connectivity index (χ4n) is 2.32. The van der Waals surface area contributed by atoms with Crippen LogP contribution in [0.2, 0.25) is 0 Å². The van der Waals surface area contributed by atoms with Gasteiger partial charge < -0.3 is 16.0 Å². The van der Waals surface area contributed by atoms with Gasteiger partial charge in [0, 0.05) is 24.6 Å². The highest BCUT2D eigenvalue weighted by molar-refractivity contribution is 5.99. The van der Waals surface area contributed by atoms with Crippen LogP contribution in [0.3, 0.4) is 0 Å². The Morgan fingerprint density at radius 1 is 1.25 bits per heavy atom. The van der Waals surface area contributed by atoms with Crippen molar-refractivity contribution < 1.29 is 4.79 Å². The van der Waals surface area contributed by atoms with E-state index in [1.165, 1.54) is 12.3 Å². The second-order valence-corrected chi connectivity index (χ2v) is 5.15. The van der Waals surface area contributed by atoms with Crippen molar-refractivity contribution in [2.45, 2.75) is 6.42 Å². The van der Waals surface area contributed by atoms with Crippen LogP contribution in [-0.4, -0.2) is 32.6 Å². The SMILES string of the molecule is Nc1cc(=O)[nH]c(CCNC(=O)c2cn[nH]c2-c2ccccc2)n1. The summed E-state index contributed by atoms with van der Waals surface area (Å²) < 4.78 is 0. The summed E-state index contributed by atoms with van der Waals surface area (Å²) in [5.41, 5.74) is 7.19. The Bertz CT molecular complexity index is 900. The minimum atomic E-state index is -0.315. The predicted octanol–water partition coefficient (Wildman–Crippen LogP) is 0.715. The molecule has 8 nitrogen and oxygen atoms in total. The number of amides is 1. The van der Waals surface area contributed by atoms with Crippen LogP contribution in [0.5, 0.6) is 0 Å². The Kier molecular flexibility index (Phi) is 4.37. The van der Waals surface area contributed by atoms with E-state index in [1.54, 1.807) is 0 Å². The van der Waals surface area contributed by atoms with Gasteiger partial charge >= 0.3 is 0 Å². The monoisotopic (exact) mass is 324 g/mol. The maximum Gasteiger partial charge on any atom is 0.255 e. The molecule has 0 radical (unpaired) electrons. The Balaban J connectivity index is 1.66. The Hall–Kier alpha value is -3.42. The van der Waals surface area contributed by atoms with Gasteiger partial charge in [-0.15, -0.1) is 0 Å². The maximum absolute atomic E-state index is 12.3. The standard InChI is InChI=1S/C16H16N6O2/c17-12-8-14(23)21-13(20-12)6-7-18-16(24)11-9-19-22-15(11)10-4-2-1-3-5-10/h1-5,8-9H,6-7H2,(H,18,24)(H,19,22)(H3,17,20,21,23). The van der Waals surface area contributed by atoms with Crippen LogP contribution in [-0.2, 0) is 6.42 Å². The number of nitrogens with two attached hydrogens (primary N) is 1. The van der Waals surface area contributed by atoms with E-state index in [0.29, 0.717) is 30.0 Å². The average molecular weight is 324 g/mol. The van der Waals surface area contributed by atoms with E-state index in [-0.39, 0.29) is 17.3 Å². The smallest absolute Gasteiger partial charge is 0.255 e. The third-order valence-corrected chi connectivity index (χ3v) is 3.40. The van der Waals surface area contributed by atoms with Crippen LogP contribution in [0.1, 0.15) is 16.2 Å². The number of H-pyrrole nitrogens is 2. The van der Waals surface area contributed by atoms with Gasteiger partial charge in [0.1, 0.15) is 11.6 Å². The van der Waals surface area contributed by atoms with Crippen molar-refractivity contribution in [3.63, 3.8) is 0 Å². The molecule has 122 valence electrons. The van der Waals surface area contributed by atoms with E-state index in [9.17, 15) is 9.59 Å². The van der Waals surface area contributed by atoms with Crippen LogP contribution in [0, 0.1) is 0 Å². The molecule has 0 atom stereocenters. The first-order chi connectivity index (χ1) is 11.6. The summed E-state index contributed by atoms with van der Waals surface area (Å²) in [5, 5.41) is 9.57. The summed E-state index contributed by atoms with van der Waals surface area (Å²) in [5.74, 6) is 0.325. The number of hydrogen-bond donors (Lipinski definition) is 4. The van der Waals surface area contributed by atoms with Crippen LogP contribution in [0.4, 0.5) is 5.82 Å². The summed E-state index contributed by atoms with van der Waals surface area (Å²) in [7, 11) is 0. The van der Waals surface area contributed by atoms with Crippen LogP contribution in [0.15, 0.2) is 47.4 Å². The Labute approximate surface area is 137 Å². The third-order valence-electron chi connectivity index (χ3n) is 3.40. The second kappa shape index (κ2) is 6.78. The number of benzene rings is 1. The van der Waals surface area contributed by atoms with E-state index in [4.69, 9.17) is 5.73 Å². The normalized spacial score (nSPS) is 10.5. The first-order valence-corrected chi connectivity index (χ1v) is 7.36. The molecule has 0 fully saturated rings. The molecule has 0 aliphatic carbocycles. The zero-order chi connectivity index (χ0) is 16.9. The number of hydrogen-bond acceptors (Lipinski definition) is 5. The van der Waals surface area contributed by atoms with Gasteiger partial charge in [-0.3, -0.25) is 14.7 Å². The number of nitrogens with zero attached hydrogens (tertiary/aromatic N) is 2. The van der Waals surface area contributed by atoms with Gasteiger partial charge in [-0.1, -0.05) is 30.3 Å². The molecule has 0 unspecified atom stereocenters. The van der Waals surface area contributed by atoms with Crippen molar-refractivity contribution in [2.75, 3.05) is 12.3 Å². The minimum absolute atomic E-state index is 0.154. The van der Waals surface area contributed by atoms with Gasteiger partial charge in [0.05, 0.1) is 17.5 Å². The van der Waals surface area contributed by atoms with Gasteiger partial charge in [-0.25, -0.2) is 4.98 Å². The molecule has 3 aromatic rings. The molecular weight excluding hydrogens is 308 g/mol. The fraction of sp³-hybridized carbons (Fsp3) is 0.125. The molecule has 5 N–H and O–H groups in total. The van der Waals surface area contributed by atoms with Gasteiger partial charge in [-0.05, 0) is 0 Å². The molecule has 2 heterocycles. The number of nitrogens with one attached hydrogen (secondary N) is 3. The van der Waals surface area contributed by atoms with E-state index >= 15 is 0 Å². The van der Waals surface area contributed by atoms with E-state index in [0.717, 1.165) is 5.56 Å². The van der Waals surface area contributed by atoms with Crippen LogP contribution < -0.4 is 16.6 Å². The number of aromatic nitrogens is 4.